The highest BCUT2D eigenvalue weighted by atomic mass is 35.5. The van der Waals surface area contributed by atoms with Gasteiger partial charge in [0.15, 0.2) is 11.5 Å². The fourth-order valence-corrected chi connectivity index (χ4v) is 4.83. The van der Waals surface area contributed by atoms with E-state index in [1.54, 1.807) is 0 Å². The van der Waals surface area contributed by atoms with E-state index in [1.165, 1.54) is 10.9 Å². The molecule has 11 nitrogen and oxygen atoms in total. The minimum atomic E-state index is -1.58. The number of ether oxygens (including phenoxy) is 2. The Balaban J connectivity index is 1.49. The van der Waals surface area contributed by atoms with Gasteiger partial charge in [0.05, 0.1) is 6.61 Å². The molecule has 12 heteroatoms. The lowest BCUT2D eigenvalue weighted by atomic mass is 10.0. The maximum Gasteiger partial charge on any atom is 0.237 e. The van der Waals surface area contributed by atoms with Crippen LogP contribution in [0.25, 0.3) is 11.2 Å². The van der Waals surface area contributed by atoms with Gasteiger partial charge in [-0.2, -0.15) is 9.97 Å². The molecular formula is C21H25ClN6O5. The molecule has 33 heavy (non-hydrogen) atoms. The molecular weight excluding hydrogens is 452 g/mol. The molecule has 0 aliphatic carbocycles. The van der Waals surface area contributed by atoms with Gasteiger partial charge in [0.2, 0.25) is 11.1 Å². The molecule has 0 bridgehead atoms. The first-order valence-electron chi connectivity index (χ1n) is 10.7. The van der Waals surface area contributed by atoms with Crippen molar-refractivity contribution in [2.75, 3.05) is 25.4 Å². The van der Waals surface area contributed by atoms with Crippen molar-refractivity contribution < 1.29 is 24.8 Å². The molecule has 2 aliphatic rings. The summed E-state index contributed by atoms with van der Waals surface area (Å²) in [5.74, 6) is -0.703. The summed E-state index contributed by atoms with van der Waals surface area (Å²) in [4.78, 5) is 14.4. The average Bonchev–Trinajstić information content (AvgIpc) is 3.35. The molecule has 5 N–H and O–H groups in total. The standard InChI is InChI=1S/C21H25ClN6O5/c22-20-25-18(23)15-19(26-20)28(11-24-15)21(17(31)16(30)14(10-29)33-21)27-8-6-13(7-9-27)32-12-4-2-1-3-5-12/h1-5,11,13-14,16-17,29-31H,6-10H2,(H2,23,25,26)/t14-,16-,17-,21+/m1/s1. The molecule has 2 aromatic heterocycles. The van der Waals surface area contributed by atoms with Crippen LogP contribution in [0.4, 0.5) is 5.82 Å². The second-order valence-electron chi connectivity index (χ2n) is 8.21. The highest BCUT2D eigenvalue weighted by Gasteiger charge is 2.60. The fourth-order valence-electron chi connectivity index (χ4n) is 4.66. The minimum Gasteiger partial charge on any atom is -0.490 e. The molecule has 176 valence electrons. The van der Waals surface area contributed by atoms with Gasteiger partial charge in [0.25, 0.3) is 0 Å². The van der Waals surface area contributed by atoms with Crippen molar-refractivity contribution in [2.45, 2.75) is 43.1 Å². The van der Waals surface area contributed by atoms with E-state index >= 15 is 0 Å². The number of hydrogen-bond acceptors (Lipinski definition) is 10. The van der Waals surface area contributed by atoms with Crippen LogP contribution in [0.3, 0.4) is 0 Å². The van der Waals surface area contributed by atoms with Crippen molar-refractivity contribution in [1.82, 2.24) is 24.4 Å². The third kappa shape index (κ3) is 3.70. The Morgan fingerprint density at radius 2 is 1.91 bits per heavy atom. The maximum atomic E-state index is 11.2. The number of nitrogen functional groups attached to an aromatic ring is 1. The van der Waals surface area contributed by atoms with Gasteiger partial charge in [-0.05, 0) is 36.6 Å². The van der Waals surface area contributed by atoms with E-state index < -0.39 is 30.8 Å². The van der Waals surface area contributed by atoms with Crippen LogP contribution in [0.2, 0.25) is 5.28 Å². The van der Waals surface area contributed by atoms with E-state index in [1.807, 2.05) is 35.2 Å². The Kier molecular flexibility index (Phi) is 5.85. The van der Waals surface area contributed by atoms with Gasteiger partial charge in [-0.25, -0.2) is 4.98 Å². The lowest BCUT2D eigenvalue weighted by molar-refractivity contribution is -0.248. The van der Waals surface area contributed by atoms with E-state index in [0.29, 0.717) is 31.4 Å². The van der Waals surface area contributed by atoms with Crippen LogP contribution in [0.15, 0.2) is 36.7 Å². The fraction of sp³-hybridized carbons (Fsp3) is 0.476. The predicted molar refractivity (Wildman–Crippen MR) is 118 cm³/mol. The summed E-state index contributed by atoms with van der Waals surface area (Å²) in [5.41, 5.74) is 6.50. The molecule has 0 unspecified atom stereocenters. The van der Waals surface area contributed by atoms with Gasteiger partial charge in [0.1, 0.15) is 42.0 Å². The van der Waals surface area contributed by atoms with Crippen molar-refractivity contribution in [3.63, 3.8) is 0 Å². The smallest absolute Gasteiger partial charge is 0.237 e. The Morgan fingerprint density at radius 1 is 1.18 bits per heavy atom. The van der Waals surface area contributed by atoms with Crippen molar-refractivity contribution in [3.8, 4) is 5.75 Å². The van der Waals surface area contributed by atoms with Gasteiger partial charge < -0.3 is 30.5 Å². The van der Waals surface area contributed by atoms with Crippen LogP contribution in [0.1, 0.15) is 12.8 Å². The first kappa shape index (κ1) is 22.3. The molecule has 0 amide bonds. The van der Waals surface area contributed by atoms with Crippen molar-refractivity contribution in [3.05, 3.63) is 41.9 Å². The summed E-state index contributed by atoms with van der Waals surface area (Å²) >= 11 is 6.04. The van der Waals surface area contributed by atoms with Gasteiger partial charge in [-0.15, -0.1) is 0 Å². The van der Waals surface area contributed by atoms with E-state index in [0.717, 1.165) is 5.75 Å². The molecule has 4 atom stereocenters. The molecule has 0 saturated carbocycles. The summed E-state index contributed by atoms with van der Waals surface area (Å²) < 4.78 is 13.8. The lowest BCUT2D eigenvalue weighted by Gasteiger charge is -2.46. The third-order valence-corrected chi connectivity index (χ3v) is 6.45. The molecule has 1 aromatic carbocycles. The van der Waals surface area contributed by atoms with Gasteiger partial charge >= 0.3 is 0 Å². The second kappa shape index (κ2) is 8.67. The zero-order chi connectivity index (χ0) is 23.2. The number of aromatic nitrogens is 4. The quantitative estimate of drug-likeness (QED) is 0.379. The van der Waals surface area contributed by atoms with Gasteiger partial charge in [-0.3, -0.25) is 9.47 Å². The number of benzene rings is 1. The molecule has 2 fully saturated rings. The molecule has 5 rings (SSSR count). The zero-order valence-corrected chi connectivity index (χ0v) is 18.4. The van der Waals surface area contributed by atoms with Crippen LogP contribution in [-0.2, 0) is 10.6 Å². The lowest BCUT2D eigenvalue weighted by Crippen LogP contribution is -2.60. The number of piperidine rings is 1. The first-order chi connectivity index (χ1) is 15.9. The SMILES string of the molecule is Nc1nc(Cl)nc2c1ncn2[C@]1(N2CCC(Oc3ccccc3)CC2)O[C@H](CO)[C@@H](O)[C@H]1O. The number of hydrogen-bond donors (Lipinski definition) is 4. The third-order valence-electron chi connectivity index (χ3n) is 6.28. The Labute approximate surface area is 194 Å². The number of aliphatic hydroxyl groups excluding tert-OH is 3. The normalized spacial score (nSPS) is 29.0. The van der Waals surface area contributed by atoms with Gasteiger partial charge in [0, 0.05) is 13.1 Å². The second-order valence-corrected chi connectivity index (χ2v) is 8.55. The summed E-state index contributed by atoms with van der Waals surface area (Å²) in [6.45, 7) is 0.485. The number of halogens is 1. The van der Waals surface area contributed by atoms with Crippen molar-refractivity contribution in [2.24, 2.45) is 0 Å². The topological polar surface area (TPSA) is 152 Å². The number of anilines is 1. The predicted octanol–water partition coefficient (Wildman–Crippen LogP) is 0.328. The maximum absolute atomic E-state index is 11.2. The summed E-state index contributed by atoms with van der Waals surface area (Å²) in [6, 6.07) is 9.58. The van der Waals surface area contributed by atoms with E-state index in [2.05, 4.69) is 15.0 Å². The number of nitrogens with zero attached hydrogens (tertiary/aromatic N) is 5. The van der Waals surface area contributed by atoms with Crippen LogP contribution in [0.5, 0.6) is 5.75 Å². The summed E-state index contributed by atoms with van der Waals surface area (Å²) in [5, 5.41) is 31.5. The molecule has 2 saturated heterocycles. The molecule has 0 spiro atoms. The highest BCUT2D eigenvalue weighted by molar-refractivity contribution is 6.28. The van der Waals surface area contributed by atoms with Crippen molar-refractivity contribution >= 4 is 28.6 Å². The first-order valence-corrected chi connectivity index (χ1v) is 11.1. The Bertz CT molecular complexity index is 1130. The summed E-state index contributed by atoms with van der Waals surface area (Å²) in [7, 11) is 0. The van der Waals surface area contributed by atoms with Crippen LogP contribution in [-0.4, -0.2) is 83.9 Å². The van der Waals surface area contributed by atoms with Crippen molar-refractivity contribution in [1.29, 1.82) is 0 Å². The highest BCUT2D eigenvalue weighted by Crippen LogP contribution is 2.42. The molecule has 3 aromatic rings. The van der Waals surface area contributed by atoms with E-state index in [-0.39, 0.29) is 22.9 Å². The minimum absolute atomic E-state index is 0.0234. The number of nitrogens with two attached hydrogens (primary N) is 1. The summed E-state index contributed by atoms with van der Waals surface area (Å²) in [6.07, 6.45) is -1.05. The van der Waals surface area contributed by atoms with Crippen LogP contribution >= 0.6 is 11.6 Å². The van der Waals surface area contributed by atoms with Gasteiger partial charge in [-0.1, -0.05) is 18.2 Å². The molecule has 4 heterocycles. The number of para-hydroxylation sites is 1. The Morgan fingerprint density at radius 3 is 2.58 bits per heavy atom. The number of imidazole rings is 1. The molecule has 0 radical (unpaired) electrons. The average molecular weight is 477 g/mol. The zero-order valence-electron chi connectivity index (χ0n) is 17.7. The van der Waals surface area contributed by atoms with E-state index in [9.17, 15) is 15.3 Å². The van der Waals surface area contributed by atoms with E-state index in [4.69, 9.17) is 26.8 Å². The van der Waals surface area contributed by atoms with Crippen LogP contribution in [0, 0.1) is 0 Å². The number of fused-ring (bicyclic) bond motifs is 1. The molecule has 2 aliphatic heterocycles. The Hall–Kier alpha value is -2.54. The largest absolute Gasteiger partial charge is 0.490 e. The number of rotatable bonds is 5. The number of aliphatic hydroxyl groups is 3. The number of likely N-dealkylation sites (tertiary alicyclic amines) is 1. The van der Waals surface area contributed by atoms with Crippen LogP contribution < -0.4 is 10.5 Å². The monoisotopic (exact) mass is 476 g/mol.